The maximum Gasteiger partial charge on any atom is 0.306 e. The summed E-state index contributed by atoms with van der Waals surface area (Å²) in [5.74, 6) is -0.951. The summed E-state index contributed by atoms with van der Waals surface area (Å²) < 4.78 is 16.8. The smallest absolute Gasteiger partial charge is 0.306 e. The molecule has 0 saturated heterocycles. The van der Waals surface area contributed by atoms with E-state index in [0.717, 1.165) is 77.0 Å². The topological polar surface area (TPSA) is 78.9 Å². The SMILES string of the molecule is CC/C=C\C/C=C\C/C=C\C/C=C\C/C=C\CCCC(=O)O[C@H](COC(=O)CCCCCCCCCCC/C=C\CCCCCCCC)COC(=O)CCCCCCCCCCCCCC. The minimum atomic E-state index is -0.804. The van der Waals surface area contributed by atoms with Gasteiger partial charge in [-0.2, -0.15) is 0 Å². The summed E-state index contributed by atoms with van der Waals surface area (Å²) in [6, 6.07) is 0. The van der Waals surface area contributed by atoms with Gasteiger partial charge in [-0.25, -0.2) is 0 Å². The molecule has 380 valence electrons. The number of hydrogen-bond acceptors (Lipinski definition) is 6. The van der Waals surface area contributed by atoms with Crippen LogP contribution >= 0.6 is 0 Å². The van der Waals surface area contributed by atoms with Crippen LogP contribution in [0.3, 0.4) is 0 Å². The molecule has 0 aromatic carbocycles. The zero-order valence-electron chi connectivity index (χ0n) is 43.4. The highest BCUT2D eigenvalue weighted by atomic mass is 16.6. The highest BCUT2D eigenvalue weighted by Crippen LogP contribution is 2.15. The molecule has 0 aliphatic heterocycles. The summed E-state index contributed by atoms with van der Waals surface area (Å²) in [5, 5.41) is 0. The fourth-order valence-electron chi connectivity index (χ4n) is 7.77. The molecule has 0 saturated carbocycles. The molecular weight excluding hydrogens is 817 g/mol. The highest BCUT2D eigenvalue weighted by molar-refractivity contribution is 5.71. The summed E-state index contributed by atoms with van der Waals surface area (Å²) >= 11 is 0. The first kappa shape index (κ1) is 62.8. The standard InChI is InChI=1S/C60H104O6/c1-4-7-10-13-16-19-22-25-27-29-30-32-33-35-38-41-44-47-50-53-59(62)65-56-57(55-64-58(61)52-49-46-43-40-37-24-21-18-15-12-9-6-3)66-60(63)54-51-48-45-42-39-36-34-31-28-26-23-20-17-14-11-8-5-2/h8,11,17,20,25-28,34,36,42,45,57H,4-7,9-10,12-16,18-19,21-24,29-33,35,37-41,43-44,46-56H2,1-3H3/b11-8-,20-17-,27-25-,28-26-,36-34-,45-42-/t57-/m0/s1. The summed E-state index contributed by atoms with van der Waals surface area (Å²) in [7, 11) is 0. The van der Waals surface area contributed by atoms with Gasteiger partial charge in [0.1, 0.15) is 13.2 Å². The van der Waals surface area contributed by atoms with Crippen molar-refractivity contribution >= 4 is 17.9 Å². The van der Waals surface area contributed by atoms with E-state index in [1.54, 1.807) is 0 Å². The molecule has 0 amide bonds. The van der Waals surface area contributed by atoms with Crippen molar-refractivity contribution in [2.45, 2.75) is 277 Å². The Hall–Kier alpha value is -3.15. The fourth-order valence-corrected chi connectivity index (χ4v) is 7.77. The first-order valence-electron chi connectivity index (χ1n) is 27.9. The maximum absolute atomic E-state index is 12.8. The number of ether oxygens (including phenoxy) is 3. The molecule has 0 radical (unpaired) electrons. The van der Waals surface area contributed by atoms with Crippen LogP contribution in [0.4, 0.5) is 0 Å². The Kier molecular flexibility index (Phi) is 51.9. The van der Waals surface area contributed by atoms with Crippen LogP contribution in [0.5, 0.6) is 0 Å². The number of unbranched alkanes of at least 4 members (excludes halogenated alkanes) is 27. The first-order valence-corrected chi connectivity index (χ1v) is 27.9. The molecule has 0 heterocycles. The quantitative estimate of drug-likeness (QED) is 0.0262. The monoisotopic (exact) mass is 921 g/mol. The zero-order valence-corrected chi connectivity index (χ0v) is 43.4. The molecule has 0 aliphatic carbocycles. The lowest BCUT2D eigenvalue weighted by Gasteiger charge is -2.18. The number of rotatable bonds is 50. The molecule has 0 rings (SSSR count). The van der Waals surface area contributed by atoms with E-state index in [1.165, 1.54) is 148 Å². The lowest BCUT2D eigenvalue weighted by molar-refractivity contribution is -0.167. The molecule has 0 fully saturated rings. The molecule has 66 heavy (non-hydrogen) atoms. The average Bonchev–Trinajstić information content (AvgIpc) is 3.31. The van der Waals surface area contributed by atoms with Gasteiger partial charge in [0.2, 0.25) is 0 Å². The van der Waals surface area contributed by atoms with Gasteiger partial charge in [0.25, 0.3) is 0 Å². The summed E-state index contributed by atoms with van der Waals surface area (Å²) in [5.41, 5.74) is 0. The van der Waals surface area contributed by atoms with Gasteiger partial charge >= 0.3 is 17.9 Å². The second kappa shape index (κ2) is 54.5. The minimum absolute atomic E-state index is 0.0964. The predicted octanol–water partition coefficient (Wildman–Crippen LogP) is 18.6. The third kappa shape index (κ3) is 51.8. The van der Waals surface area contributed by atoms with Crippen LogP contribution in [-0.2, 0) is 28.6 Å². The Morgan fingerprint density at radius 2 is 0.606 bits per heavy atom. The maximum atomic E-state index is 12.8. The molecule has 6 nitrogen and oxygen atoms in total. The Bertz CT molecular complexity index is 1240. The Morgan fingerprint density at radius 3 is 0.985 bits per heavy atom. The Morgan fingerprint density at radius 1 is 0.318 bits per heavy atom. The summed E-state index contributed by atoms with van der Waals surface area (Å²) in [6.07, 6.45) is 69.0. The van der Waals surface area contributed by atoms with Crippen molar-refractivity contribution in [3.63, 3.8) is 0 Å². The van der Waals surface area contributed by atoms with Crippen LogP contribution in [-0.4, -0.2) is 37.2 Å². The van der Waals surface area contributed by atoms with Gasteiger partial charge in [-0.3, -0.25) is 14.4 Å². The van der Waals surface area contributed by atoms with Crippen molar-refractivity contribution in [1.29, 1.82) is 0 Å². The van der Waals surface area contributed by atoms with E-state index in [9.17, 15) is 14.4 Å². The second-order valence-corrected chi connectivity index (χ2v) is 18.5. The normalized spacial score (nSPS) is 12.6. The number of carbonyl (C=O) groups excluding carboxylic acids is 3. The van der Waals surface area contributed by atoms with E-state index in [1.807, 2.05) is 0 Å². The summed E-state index contributed by atoms with van der Waals surface area (Å²) in [6.45, 7) is 6.49. The fraction of sp³-hybridized carbons (Fsp3) is 0.750. The van der Waals surface area contributed by atoms with Gasteiger partial charge in [0.15, 0.2) is 6.10 Å². The van der Waals surface area contributed by atoms with Crippen molar-refractivity contribution < 1.29 is 28.6 Å². The summed E-state index contributed by atoms with van der Waals surface area (Å²) in [4.78, 5) is 38.1. The lowest BCUT2D eigenvalue weighted by Crippen LogP contribution is -2.30. The van der Waals surface area contributed by atoms with Gasteiger partial charge in [0.05, 0.1) is 0 Å². The number of esters is 3. The molecule has 0 N–H and O–H groups in total. The van der Waals surface area contributed by atoms with Crippen molar-refractivity contribution in [2.24, 2.45) is 0 Å². The molecule has 0 aliphatic rings. The third-order valence-electron chi connectivity index (χ3n) is 11.9. The third-order valence-corrected chi connectivity index (χ3v) is 11.9. The van der Waals surface area contributed by atoms with Gasteiger partial charge < -0.3 is 14.2 Å². The molecule has 0 spiro atoms. The predicted molar refractivity (Wildman–Crippen MR) is 284 cm³/mol. The van der Waals surface area contributed by atoms with Gasteiger partial charge in [-0.1, -0.05) is 241 Å². The zero-order chi connectivity index (χ0) is 47.9. The van der Waals surface area contributed by atoms with E-state index >= 15 is 0 Å². The van der Waals surface area contributed by atoms with Crippen molar-refractivity contribution in [3.8, 4) is 0 Å². The highest BCUT2D eigenvalue weighted by Gasteiger charge is 2.19. The first-order chi connectivity index (χ1) is 32.5. The Labute approximate surface area is 408 Å². The van der Waals surface area contributed by atoms with Crippen LogP contribution in [0.25, 0.3) is 0 Å². The molecular formula is C60H104O6. The van der Waals surface area contributed by atoms with E-state index in [2.05, 4.69) is 93.7 Å². The van der Waals surface area contributed by atoms with Crippen LogP contribution < -0.4 is 0 Å². The van der Waals surface area contributed by atoms with Crippen LogP contribution in [0.2, 0.25) is 0 Å². The second-order valence-electron chi connectivity index (χ2n) is 18.5. The largest absolute Gasteiger partial charge is 0.462 e. The average molecular weight is 921 g/mol. The number of carbonyl (C=O) groups is 3. The van der Waals surface area contributed by atoms with Gasteiger partial charge in [-0.05, 0) is 83.5 Å². The molecule has 0 bridgehead atoms. The van der Waals surface area contributed by atoms with Crippen molar-refractivity contribution in [2.75, 3.05) is 13.2 Å². The number of hydrogen-bond donors (Lipinski definition) is 0. The van der Waals surface area contributed by atoms with Crippen LogP contribution in [0, 0.1) is 0 Å². The lowest BCUT2D eigenvalue weighted by atomic mass is 10.0. The molecule has 0 aromatic rings. The molecule has 0 unspecified atom stereocenters. The minimum Gasteiger partial charge on any atom is -0.462 e. The molecule has 0 aromatic heterocycles. The van der Waals surface area contributed by atoms with E-state index in [4.69, 9.17) is 14.2 Å². The van der Waals surface area contributed by atoms with Gasteiger partial charge in [-0.15, -0.1) is 0 Å². The van der Waals surface area contributed by atoms with Gasteiger partial charge in [0, 0.05) is 19.3 Å². The van der Waals surface area contributed by atoms with Crippen molar-refractivity contribution in [3.05, 3.63) is 72.9 Å². The Balaban J connectivity index is 4.42. The van der Waals surface area contributed by atoms with E-state index < -0.39 is 6.10 Å². The molecule has 6 heteroatoms. The van der Waals surface area contributed by atoms with E-state index in [-0.39, 0.29) is 37.5 Å². The molecule has 1 atom stereocenters. The van der Waals surface area contributed by atoms with Crippen LogP contribution in [0.15, 0.2) is 72.9 Å². The van der Waals surface area contributed by atoms with Crippen LogP contribution in [0.1, 0.15) is 271 Å². The van der Waals surface area contributed by atoms with Crippen molar-refractivity contribution in [1.82, 2.24) is 0 Å². The number of allylic oxidation sites excluding steroid dienone is 12. The van der Waals surface area contributed by atoms with E-state index in [0.29, 0.717) is 19.3 Å².